The zero-order chi connectivity index (χ0) is 22.3. The van der Waals surface area contributed by atoms with Crippen LogP contribution < -0.4 is 5.32 Å². The van der Waals surface area contributed by atoms with Crippen LogP contribution in [-0.2, 0) is 9.53 Å². The average Bonchev–Trinajstić information content (AvgIpc) is 3.05. The smallest absolute Gasteiger partial charge is 0.419 e. The van der Waals surface area contributed by atoms with Gasteiger partial charge in [-0.1, -0.05) is 18.2 Å². The molecule has 0 saturated carbocycles. The van der Waals surface area contributed by atoms with Gasteiger partial charge in [0.1, 0.15) is 11.4 Å². The topological polar surface area (TPSA) is 73.2 Å². The first-order valence-electron chi connectivity index (χ1n) is 9.84. The number of para-hydroxylation sites is 1. The lowest BCUT2D eigenvalue weighted by Gasteiger charge is -2.21. The van der Waals surface area contributed by atoms with Crippen LogP contribution in [0.25, 0.3) is 33.2 Å². The third-order valence-corrected chi connectivity index (χ3v) is 4.63. The van der Waals surface area contributed by atoms with Crippen LogP contribution in [0.4, 0.5) is 14.9 Å². The number of rotatable bonds is 2. The molecule has 0 unspecified atom stereocenters. The van der Waals surface area contributed by atoms with Crippen LogP contribution in [0, 0.1) is 5.82 Å². The minimum atomic E-state index is -0.708. The zero-order valence-corrected chi connectivity index (χ0v) is 17.7. The van der Waals surface area contributed by atoms with E-state index in [4.69, 9.17) is 9.72 Å². The molecule has 31 heavy (non-hydrogen) atoms. The van der Waals surface area contributed by atoms with Gasteiger partial charge >= 0.3 is 6.09 Å². The van der Waals surface area contributed by atoms with Gasteiger partial charge in [-0.05, 0) is 57.2 Å². The third-order valence-electron chi connectivity index (χ3n) is 4.63. The van der Waals surface area contributed by atoms with Crippen molar-refractivity contribution in [3.05, 3.63) is 60.4 Å². The van der Waals surface area contributed by atoms with E-state index in [2.05, 4.69) is 5.32 Å². The number of pyridine rings is 1. The molecule has 0 aliphatic rings. The number of anilines is 1. The van der Waals surface area contributed by atoms with Crippen molar-refractivity contribution in [2.45, 2.75) is 33.3 Å². The van der Waals surface area contributed by atoms with E-state index >= 15 is 0 Å². The van der Waals surface area contributed by atoms with Crippen molar-refractivity contribution in [1.82, 2.24) is 9.55 Å². The van der Waals surface area contributed by atoms with Crippen molar-refractivity contribution >= 4 is 39.5 Å². The van der Waals surface area contributed by atoms with Gasteiger partial charge in [-0.15, -0.1) is 0 Å². The Kier molecular flexibility index (Phi) is 4.97. The van der Waals surface area contributed by atoms with Gasteiger partial charge in [-0.2, -0.15) is 0 Å². The summed E-state index contributed by atoms with van der Waals surface area (Å²) < 4.78 is 20.8. The van der Waals surface area contributed by atoms with E-state index in [9.17, 15) is 14.0 Å². The van der Waals surface area contributed by atoms with Crippen molar-refractivity contribution in [2.75, 3.05) is 5.32 Å². The van der Waals surface area contributed by atoms with Crippen LogP contribution in [-0.4, -0.2) is 27.2 Å². The van der Waals surface area contributed by atoms with Crippen molar-refractivity contribution in [2.24, 2.45) is 0 Å². The quantitative estimate of drug-likeness (QED) is 0.450. The molecule has 2 aromatic heterocycles. The molecule has 6 nitrogen and oxygen atoms in total. The van der Waals surface area contributed by atoms with E-state index in [1.807, 2.05) is 18.2 Å². The number of carbonyl (C=O) groups excluding carboxylic acids is 2. The molecule has 7 heteroatoms. The Morgan fingerprint density at radius 3 is 2.52 bits per heavy atom. The molecule has 0 saturated heterocycles. The number of amides is 1. The lowest BCUT2D eigenvalue weighted by molar-refractivity contribution is -0.114. The van der Waals surface area contributed by atoms with Gasteiger partial charge in [0.25, 0.3) is 0 Å². The maximum Gasteiger partial charge on any atom is 0.419 e. The first-order valence-corrected chi connectivity index (χ1v) is 9.84. The van der Waals surface area contributed by atoms with Crippen molar-refractivity contribution in [3.63, 3.8) is 0 Å². The number of fused-ring (bicyclic) bond motifs is 2. The summed E-state index contributed by atoms with van der Waals surface area (Å²) in [5.74, 6) is -0.613. The second kappa shape index (κ2) is 7.50. The molecule has 0 bridgehead atoms. The lowest BCUT2D eigenvalue weighted by atomic mass is 10.1. The summed E-state index contributed by atoms with van der Waals surface area (Å²) in [6.45, 7) is 6.77. The maximum absolute atomic E-state index is 13.9. The molecule has 0 aliphatic heterocycles. The minimum absolute atomic E-state index is 0.210. The number of hydrogen-bond acceptors (Lipinski definition) is 4. The number of aromatic nitrogens is 2. The predicted octanol–water partition coefficient (Wildman–Crippen LogP) is 5.74. The van der Waals surface area contributed by atoms with Gasteiger partial charge in [0.15, 0.2) is 0 Å². The highest BCUT2D eigenvalue weighted by molar-refractivity contribution is 6.01. The summed E-state index contributed by atoms with van der Waals surface area (Å²) in [6.07, 6.45) is -0.582. The highest BCUT2D eigenvalue weighted by Crippen LogP contribution is 2.31. The molecule has 1 N–H and O–H groups in total. The van der Waals surface area contributed by atoms with Crippen molar-refractivity contribution in [3.8, 4) is 11.4 Å². The number of hydrogen-bond donors (Lipinski definition) is 1. The van der Waals surface area contributed by atoms with E-state index in [0.717, 1.165) is 5.39 Å². The Morgan fingerprint density at radius 1 is 1.03 bits per heavy atom. The molecule has 4 rings (SSSR count). The highest BCUT2D eigenvalue weighted by Gasteiger charge is 2.24. The molecule has 0 spiro atoms. The summed E-state index contributed by atoms with van der Waals surface area (Å²) in [4.78, 5) is 29.4. The second-order valence-corrected chi connectivity index (χ2v) is 8.30. The Bertz CT molecular complexity index is 1340. The summed E-state index contributed by atoms with van der Waals surface area (Å²) in [6, 6.07) is 15.0. The van der Waals surface area contributed by atoms with Crippen LogP contribution in [0.2, 0.25) is 0 Å². The van der Waals surface area contributed by atoms with Crippen molar-refractivity contribution in [1.29, 1.82) is 0 Å². The highest BCUT2D eigenvalue weighted by atomic mass is 19.1. The van der Waals surface area contributed by atoms with Crippen LogP contribution in [0.15, 0.2) is 54.6 Å². The van der Waals surface area contributed by atoms with Crippen LogP contribution >= 0.6 is 0 Å². The molecule has 0 fully saturated rings. The van der Waals surface area contributed by atoms with Gasteiger partial charge in [0.2, 0.25) is 5.91 Å². The van der Waals surface area contributed by atoms with Gasteiger partial charge in [0, 0.05) is 17.7 Å². The monoisotopic (exact) mass is 419 g/mol. The molecule has 2 heterocycles. The van der Waals surface area contributed by atoms with E-state index in [1.165, 1.54) is 23.6 Å². The van der Waals surface area contributed by atoms with Gasteiger partial charge < -0.3 is 10.1 Å². The average molecular weight is 419 g/mol. The third kappa shape index (κ3) is 4.12. The Labute approximate surface area is 178 Å². The van der Waals surface area contributed by atoms with Crippen LogP contribution in [0.5, 0.6) is 0 Å². The fourth-order valence-corrected chi connectivity index (χ4v) is 3.46. The maximum atomic E-state index is 13.9. The van der Waals surface area contributed by atoms with E-state index < -0.39 is 17.5 Å². The summed E-state index contributed by atoms with van der Waals surface area (Å²) in [7, 11) is 0. The lowest BCUT2D eigenvalue weighted by Crippen LogP contribution is -2.27. The Hall–Kier alpha value is -3.74. The number of nitrogens with zero attached hydrogens (tertiary/aromatic N) is 2. The molecule has 158 valence electrons. The zero-order valence-electron chi connectivity index (χ0n) is 17.7. The van der Waals surface area contributed by atoms with Crippen LogP contribution in [0.3, 0.4) is 0 Å². The fraction of sp³-hybridized carbons (Fsp3) is 0.208. The molecule has 1 amide bonds. The molecule has 0 atom stereocenters. The molecular formula is C24H22FN3O3. The first-order chi connectivity index (χ1) is 14.6. The predicted molar refractivity (Wildman–Crippen MR) is 119 cm³/mol. The van der Waals surface area contributed by atoms with E-state index in [-0.39, 0.29) is 5.91 Å². The number of nitrogens with one attached hydrogen (secondary N) is 1. The largest absolute Gasteiger partial charge is 0.443 e. The normalized spacial score (nSPS) is 11.6. The Morgan fingerprint density at radius 2 is 1.81 bits per heavy atom. The van der Waals surface area contributed by atoms with Crippen molar-refractivity contribution < 1.29 is 18.7 Å². The second-order valence-electron chi connectivity index (χ2n) is 8.30. The van der Waals surface area contributed by atoms with E-state index in [0.29, 0.717) is 33.5 Å². The fourth-order valence-electron chi connectivity index (χ4n) is 3.46. The Balaban J connectivity index is 1.95. The standard InChI is InChI=1S/C24H22FN3O3/c1-14(29)26-19-7-5-6-15-8-10-18(27-22(15)19)21-13-16-12-17(25)9-11-20(16)28(21)23(30)31-24(2,3)4/h5-13H,1-4H3,(H,26,29). The first kappa shape index (κ1) is 20.5. The van der Waals surface area contributed by atoms with Crippen LogP contribution in [0.1, 0.15) is 27.7 Å². The number of ether oxygens (including phenoxy) is 1. The molecule has 0 aliphatic carbocycles. The number of benzene rings is 2. The number of halogens is 1. The summed E-state index contributed by atoms with van der Waals surface area (Å²) in [5.41, 5.74) is 1.92. The van der Waals surface area contributed by atoms with Gasteiger partial charge in [-0.3, -0.25) is 4.79 Å². The number of carbonyl (C=O) groups is 2. The summed E-state index contributed by atoms with van der Waals surface area (Å²) >= 11 is 0. The molecular weight excluding hydrogens is 397 g/mol. The van der Waals surface area contributed by atoms with Gasteiger partial charge in [-0.25, -0.2) is 18.7 Å². The minimum Gasteiger partial charge on any atom is -0.443 e. The van der Waals surface area contributed by atoms with E-state index in [1.54, 1.807) is 45.0 Å². The summed E-state index contributed by atoms with van der Waals surface area (Å²) in [5, 5.41) is 4.17. The SMILES string of the molecule is CC(=O)Nc1cccc2ccc(-c3cc4cc(F)ccc4n3C(=O)OC(C)(C)C)nc12. The van der Waals surface area contributed by atoms with Gasteiger partial charge in [0.05, 0.1) is 28.1 Å². The molecule has 2 aromatic carbocycles. The molecule has 0 radical (unpaired) electrons. The molecule has 4 aromatic rings.